The van der Waals surface area contributed by atoms with Crippen molar-refractivity contribution in [2.75, 3.05) is 13.1 Å². The van der Waals surface area contributed by atoms with Crippen LogP contribution in [0.3, 0.4) is 0 Å². The number of carbonyl (C=O) groups is 2. The first-order chi connectivity index (χ1) is 11.0. The average molecular weight is 350 g/mol. The summed E-state index contributed by atoms with van der Waals surface area (Å²) in [5, 5.41) is 10.1. The number of carbonyl (C=O) groups excluding carboxylic acids is 1. The Morgan fingerprint density at radius 3 is 2.61 bits per heavy atom. The van der Waals surface area contributed by atoms with Gasteiger partial charge in [-0.2, -0.15) is 0 Å². The number of thiazole rings is 1. The number of aromatic nitrogens is 1. The Kier molecular flexibility index (Phi) is 4.50. The monoisotopic (exact) mass is 350 g/mol. The predicted octanol–water partition coefficient (Wildman–Crippen LogP) is 3.54. The summed E-state index contributed by atoms with van der Waals surface area (Å²) < 4.78 is 0. The third-order valence-corrected chi connectivity index (χ3v) is 6.43. The summed E-state index contributed by atoms with van der Waals surface area (Å²) in [5.74, 6) is -0.777. The zero-order valence-corrected chi connectivity index (χ0v) is 14.7. The van der Waals surface area contributed by atoms with E-state index in [1.54, 1.807) is 17.4 Å². The molecule has 0 aliphatic carbocycles. The number of nitrogens with zero attached hydrogens (tertiary/aromatic N) is 2. The Bertz CT molecular complexity index is 731. The molecule has 2 aromatic heterocycles. The van der Waals surface area contributed by atoms with Gasteiger partial charge >= 0.3 is 5.97 Å². The fourth-order valence-electron chi connectivity index (χ4n) is 2.76. The molecule has 7 heteroatoms. The van der Waals surface area contributed by atoms with Crippen molar-refractivity contribution in [1.29, 1.82) is 0 Å². The highest BCUT2D eigenvalue weighted by atomic mass is 32.1. The molecule has 1 atom stereocenters. The van der Waals surface area contributed by atoms with Gasteiger partial charge in [-0.3, -0.25) is 4.79 Å². The van der Waals surface area contributed by atoms with Crippen LogP contribution in [0.15, 0.2) is 12.1 Å². The van der Waals surface area contributed by atoms with Gasteiger partial charge in [0.05, 0.1) is 15.6 Å². The first kappa shape index (κ1) is 16.1. The van der Waals surface area contributed by atoms with Crippen LogP contribution in [0.4, 0.5) is 0 Å². The van der Waals surface area contributed by atoms with E-state index in [1.165, 1.54) is 10.9 Å². The molecule has 0 radical (unpaired) electrons. The number of aryl methyl sites for hydroxylation is 2. The maximum Gasteiger partial charge on any atom is 0.345 e. The maximum absolute atomic E-state index is 12.6. The molecule has 3 rings (SSSR count). The SMILES string of the molecule is Cc1nc(C2CCCN(C(=O)c3ccc(C(=O)O)s3)C2)sc1C. The van der Waals surface area contributed by atoms with Gasteiger partial charge < -0.3 is 10.0 Å². The Balaban J connectivity index is 1.74. The normalized spacial score (nSPS) is 18.2. The van der Waals surface area contributed by atoms with Crippen LogP contribution in [0.25, 0.3) is 0 Å². The first-order valence-corrected chi connectivity index (χ1v) is 9.15. The lowest BCUT2D eigenvalue weighted by molar-refractivity contribution is 0.0698. The van der Waals surface area contributed by atoms with Crippen LogP contribution >= 0.6 is 22.7 Å². The third-order valence-electron chi connectivity index (χ3n) is 4.13. The minimum absolute atomic E-state index is 0.0720. The van der Waals surface area contributed by atoms with E-state index in [2.05, 4.69) is 11.9 Å². The van der Waals surface area contributed by atoms with Crippen LogP contribution < -0.4 is 0 Å². The van der Waals surface area contributed by atoms with Crippen LogP contribution in [0.1, 0.15) is 53.7 Å². The molecule has 0 aromatic carbocycles. The lowest BCUT2D eigenvalue weighted by atomic mass is 9.98. The van der Waals surface area contributed by atoms with Gasteiger partial charge in [-0.25, -0.2) is 9.78 Å². The van der Waals surface area contributed by atoms with Crippen LogP contribution in [0.2, 0.25) is 0 Å². The predicted molar refractivity (Wildman–Crippen MR) is 90.7 cm³/mol. The Morgan fingerprint density at radius 2 is 2.00 bits per heavy atom. The summed E-state index contributed by atoms with van der Waals surface area (Å²) in [5.41, 5.74) is 1.07. The number of amides is 1. The number of hydrogen-bond donors (Lipinski definition) is 1. The molecule has 1 saturated heterocycles. The topological polar surface area (TPSA) is 70.5 Å². The molecule has 1 fully saturated rings. The van der Waals surface area contributed by atoms with E-state index in [9.17, 15) is 9.59 Å². The number of rotatable bonds is 3. The summed E-state index contributed by atoms with van der Waals surface area (Å²) in [6, 6.07) is 3.10. The van der Waals surface area contributed by atoms with Crippen molar-refractivity contribution in [2.24, 2.45) is 0 Å². The second-order valence-electron chi connectivity index (χ2n) is 5.75. The van der Waals surface area contributed by atoms with Gasteiger partial charge in [0.25, 0.3) is 5.91 Å². The lowest BCUT2D eigenvalue weighted by Crippen LogP contribution is -2.38. The number of thiophene rings is 1. The highest BCUT2D eigenvalue weighted by Crippen LogP contribution is 2.32. The average Bonchev–Trinajstić information content (AvgIpc) is 3.15. The molecule has 0 saturated carbocycles. The largest absolute Gasteiger partial charge is 0.477 e. The molecular formula is C16H18N2O3S2. The van der Waals surface area contributed by atoms with Gasteiger partial charge in [0, 0.05) is 23.9 Å². The van der Waals surface area contributed by atoms with E-state index < -0.39 is 5.97 Å². The number of aromatic carboxylic acids is 1. The smallest absolute Gasteiger partial charge is 0.345 e. The van der Waals surface area contributed by atoms with Crippen molar-refractivity contribution < 1.29 is 14.7 Å². The highest BCUT2D eigenvalue weighted by Gasteiger charge is 2.28. The van der Waals surface area contributed by atoms with Gasteiger partial charge in [-0.15, -0.1) is 22.7 Å². The molecule has 0 spiro atoms. The minimum atomic E-state index is -0.987. The molecule has 122 valence electrons. The zero-order valence-electron chi connectivity index (χ0n) is 13.0. The number of carboxylic acids is 1. The highest BCUT2D eigenvalue weighted by molar-refractivity contribution is 7.15. The third kappa shape index (κ3) is 3.30. The van der Waals surface area contributed by atoms with Gasteiger partial charge in [-0.05, 0) is 38.8 Å². The van der Waals surface area contributed by atoms with Crippen molar-refractivity contribution in [3.05, 3.63) is 37.5 Å². The van der Waals surface area contributed by atoms with E-state index in [0.29, 0.717) is 11.4 Å². The first-order valence-electron chi connectivity index (χ1n) is 7.52. The molecule has 1 aliphatic heterocycles. The molecule has 5 nitrogen and oxygen atoms in total. The lowest BCUT2D eigenvalue weighted by Gasteiger charge is -2.31. The summed E-state index contributed by atoms with van der Waals surface area (Å²) in [6.07, 6.45) is 1.99. The molecule has 1 amide bonds. The summed E-state index contributed by atoms with van der Waals surface area (Å²) in [6.45, 7) is 5.46. The number of piperidine rings is 1. The van der Waals surface area contributed by atoms with Crippen molar-refractivity contribution in [3.63, 3.8) is 0 Å². The molecule has 23 heavy (non-hydrogen) atoms. The number of hydrogen-bond acceptors (Lipinski definition) is 5. The van der Waals surface area contributed by atoms with Crippen LogP contribution in [-0.4, -0.2) is 40.0 Å². The molecule has 3 heterocycles. The van der Waals surface area contributed by atoms with Crippen molar-refractivity contribution >= 4 is 34.6 Å². The fraction of sp³-hybridized carbons (Fsp3) is 0.438. The van der Waals surface area contributed by atoms with Crippen molar-refractivity contribution in [1.82, 2.24) is 9.88 Å². The summed E-state index contributed by atoms with van der Waals surface area (Å²) in [7, 11) is 0. The van der Waals surface area contributed by atoms with Gasteiger partial charge in [0.2, 0.25) is 0 Å². The van der Waals surface area contributed by atoms with Gasteiger partial charge in [-0.1, -0.05) is 0 Å². The van der Waals surface area contributed by atoms with Crippen molar-refractivity contribution in [3.8, 4) is 0 Å². The van der Waals surface area contributed by atoms with E-state index in [0.717, 1.165) is 41.4 Å². The Hall–Kier alpha value is -1.73. The summed E-state index contributed by atoms with van der Waals surface area (Å²) in [4.78, 5) is 32.0. The molecule has 0 bridgehead atoms. The van der Waals surface area contributed by atoms with E-state index in [-0.39, 0.29) is 16.7 Å². The zero-order chi connectivity index (χ0) is 16.6. The molecular weight excluding hydrogens is 332 g/mol. The summed E-state index contributed by atoms with van der Waals surface area (Å²) >= 11 is 2.76. The van der Waals surface area contributed by atoms with Crippen LogP contribution in [-0.2, 0) is 0 Å². The Labute approximate surface area is 142 Å². The van der Waals surface area contributed by atoms with Crippen LogP contribution in [0, 0.1) is 13.8 Å². The Morgan fingerprint density at radius 1 is 1.26 bits per heavy atom. The molecule has 1 unspecified atom stereocenters. The second-order valence-corrected chi connectivity index (χ2v) is 8.07. The molecule has 1 aliphatic rings. The quantitative estimate of drug-likeness (QED) is 0.919. The van der Waals surface area contributed by atoms with Gasteiger partial charge in [0.15, 0.2) is 0 Å². The maximum atomic E-state index is 12.6. The number of likely N-dealkylation sites (tertiary alicyclic amines) is 1. The van der Waals surface area contributed by atoms with E-state index in [4.69, 9.17) is 5.11 Å². The minimum Gasteiger partial charge on any atom is -0.477 e. The van der Waals surface area contributed by atoms with E-state index >= 15 is 0 Å². The fourth-order valence-corrected chi connectivity index (χ4v) is 4.62. The molecule has 2 aromatic rings. The van der Waals surface area contributed by atoms with E-state index in [1.807, 2.05) is 11.8 Å². The number of carboxylic acid groups (broad SMARTS) is 1. The standard InChI is InChI=1S/C16H18N2O3S2/c1-9-10(2)22-14(17-9)11-4-3-7-18(8-11)15(19)12-5-6-13(23-12)16(20)21/h5-6,11H,3-4,7-8H2,1-2H3,(H,20,21). The van der Waals surface area contributed by atoms with Gasteiger partial charge in [0.1, 0.15) is 4.88 Å². The van der Waals surface area contributed by atoms with Crippen molar-refractivity contribution in [2.45, 2.75) is 32.6 Å². The second kappa shape index (κ2) is 6.41. The van der Waals surface area contributed by atoms with Crippen LogP contribution in [0.5, 0.6) is 0 Å². The molecule has 1 N–H and O–H groups in total.